The number of anilines is 1. The molecule has 32 heavy (non-hydrogen) atoms. The van der Waals surface area contributed by atoms with Crippen LogP contribution in [0.2, 0.25) is 0 Å². The van der Waals surface area contributed by atoms with E-state index < -0.39 is 5.41 Å². The van der Waals surface area contributed by atoms with E-state index >= 15 is 0 Å². The lowest BCUT2D eigenvalue weighted by molar-refractivity contribution is -0.137. The first kappa shape index (κ1) is 20.5. The second-order valence-corrected chi connectivity index (χ2v) is 8.88. The van der Waals surface area contributed by atoms with E-state index in [1.807, 2.05) is 48.2 Å². The number of rotatable bonds is 4. The van der Waals surface area contributed by atoms with Crippen molar-refractivity contribution >= 4 is 23.4 Å². The van der Waals surface area contributed by atoms with Crippen LogP contribution in [-0.2, 0) is 20.9 Å². The van der Waals surface area contributed by atoms with E-state index in [9.17, 15) is 14.4 Å². The fourth-order valence-electron chi connectivity index (χ4n) is 4.92. The average molecular weight is 434 g/mol. The molecule has 8 heteroatoms. The number of pyridine rings is 1. The van der Waals surface area contributed by atoms with Crippen molar-refractivity contribution in [3.63, 3.8) is 0 Å². The lowest BCUT2D eigenvalue weighted by Gasteiger charge is -2.31. The second-order valence-electron chi connectivity index (χ2n) is 8.88. The van der Waals surface area contributed by atoms with Crippen molar-refractivity contribution in [3.8, 4) is 5.75 Å². The van der Waals surface area contributed by atoms with E-state index in [-0.39, 0.29) is 30.9 Å². The van der Waals surface area contributed by atoms with Crippen LogP contribution in [0.15, 0.2) is 42.6 Å². The fraction of sp³-hybridized carbons (Fsp3) is 0.417. The highest BCUT2D eigenvalue weighted by Crippen LogP contribution is 2.41. The van der Waals surface area contributed by atoms with Crippen molar-refractivity contribution in [3.05, 3.63) is 53.9 Å². The predicted octanol–water partition coefficient (Wildman–Crippen LogP) is 1.77. The number of carbonyl (C=O) groups is 3. The zero-order chi connectivity index (χ0) is 22.3. The van der Waals surface area contributed by atoms with Crippen molar-refractivity contribution in [2.75, 3.05) is 37.7 Å². The molecule has 3 amide bonds. The fourth-order valence-corrected chi connectivity index (χ4v) is 4.92. The highest BCUT2D eigenvalue weighted by molar-refractivity contribution is 6.02. The van der Waals surface area contributed by atoms with Gasteiger partial charge in [-0.1, -0.05) is 12.1 Å². The Bertz CT molecular complexity index is 1070. The number of hydrogen-bond acceptors (Lipinski definition) is 5. The van der Waals surface area contributed by atoms with E-state index in [1.54, 1.807) is 11.1 Å². The number of benzene rings is 1. The summed E-state index contributed by atoms with van der Waals surface area (Å²) < 4.78 is 5.51. The quantitative estimate of drug-likeness (QED) is 0.733. The van der Waals surface area contributed by atoms with Crippen molar-refractivity contribution in [2.24, 2.45) is 5.41 Å². The molecular weight excluding hydrogens is 408 g/mol. The monoisotopic (exact) mass is 434 g/mol. The summed E-state index contributed by atoms with van der Waals surface area (Å²) in [6.45, 7) is 3.92. The molecule has 2 aromatic rings. The smallest absolute Gasteiger partial charge is 0.265 e. The topological polar surface area (TPSA) is 83.1 Å². The van der Waals surface area contributed by atoms with Gasteiger partial charge in [-0.3, -0.25) is 24.3 Å². The molecule has 0 aliphatic carbocycles. The molecule has 1 spiro atoms. The number of nitrogens with zero attached hydrogens (tertiary/aromatic N) is 4. The summed E-state index contributed by atoms with van der Waals surface area (Å²) in [6, 6.07) is 11.3. The Hall–Kier alpha value is -3.42. The summed E-state index contributed by atoms with van der Waals surface area (Å²) in [6.07, 6.45) is 3.12. The highest BCUT2D eigenvalue weighted by Gasteiger charge is 2.51. The molecular formula is C24H26N4O4. The summed E-state index contributed by atoms with van der Waals surface area (Å²) in [7, 11) is 0. The van der Waals surface area contributed by atoms with Crippen LogP contribution >= 0.6 is 0 Å². The van der Waals surface area contributed by atoms with Gasteiger partial charge in [-0.05, 0) is 49.6 Å². The minimum Gasteiger partial charge on any atom is -0.482 e. The van der Waals surface area contributed by atoms with E-state index in [2.05, 4.69) is 4.98 Å². The molecule has 3 aliphatic rings. The molecule has 2 saturated heterocycles. The molecule has 1 aromatic heterocycles. The Balaban J connectivity index is 1.26. The maximum absolute atomic E-state index is 13.2. The van der Waals surface area contributed by atoms with Crippen LogP contribution in [0.4, 0.5) is 5.69 Å². The van der Waals surface area contributed by atoms with Gasteiger partial charge in [0.25, 0.3) is 5.91 Å². The van der Waals surface area contributed by atoms with Crippen LogP contribution in [0.1, 0.15) is 24.1 Å². The highest BCUT2D eigenvalue weighted by atomic mass is 16.5. The van der Waals surface area contributed by atoms with Crippen molar-refractivity contribution in [1.82, 2.24) is 14.8 Å². The number of fused-ring (bicyclic) bond motifs is 1. The largest absolute Gasteiger partial charge is 0.482 e. The lowest BCUT2D eigenvalue weighted by Crippen LogP contribution is -2.46. The van der Waals surface area contributed by atoms with Gasteiger partial charge in [-0.25, -0.2) is 0 Å². The molecule has 3 aliphatic heterocycles. The third-order valence-electron chi connectivity index (χ3n) is 6.74. The van der Waals surface area contributed by atoms with Crippen LogP contribution < -0.4 is 9.64 Å². The Morgan fingerprint density at radius 1 is 1.16 bits per heavy atom. The summed E-state index contributed by atoms with van der Waals surface area (Å²) in [5, 5.41) is 0. The molecule has 1 unspecified atom stereocenters. The lowest BCUT2D eigenvalue weighted by atomic mass is 9.85. The summed E-state index contributed by atoms with van der Waals surface area (Å²) in [5.74, 6) is 0.336. The van der Waals surface area contributed by atoms with Crippen LogP contribution in [-0.4, -0.2) is 65.3 Å². The molecule has 0 saturated carbocycles. The first-order chi connectivity index (χ1) is 15.4. The molecule has 1 aromatic carbocycles. The summed E-state index contributed by atoms with van der Waals surface area (Å²) >= 11 is 0. The summed E-state index contributed by atoms with van der Waals surface area (Å²) in [4.78, 5) is 48.3. The average Bonchev–Trinajstić information content (AvgIpc) is 3.36. The first-order valence-electron chi connectivity index (χ1n) is 11.0. The molecule has 8 nitrogen and oxygen atoms in total. The third kappa shape index (κ3) is 3.59. The van der Waals surface area contributed by atoms with Gasteiger partial charge in [-0.2, -0.15) is 0 Å². The molecule has 1 atom stereocenters. The molecule has 0 bridgehead atoms. The van der Waals surface area contributed by atoms with Crippen molar-refractivity contribution in [2.45, 2.75) is 26.3 Å². The minimum atomic E-state index is -0.520. The zero-order valence-electron chi connectivity index (χ0n) is 18.1. The second kappa shape index (κ2) is 7.93. The maximum Gasteiger partial charge on any atom is 0.265 e. The predicted molar refractivity (Wildman–Crippen MR) is 117 cm³/mol. The normalized spacial score (nSPS) is 22.5. The summed E-state index contributed by atoms with van der Waals surface area (Å²) in [5.41, 5.74) is 1.96. The molecule has 2 fully saturated rings. The van der Waals surface area contributed by atoms with Gasteiger partial charge in [0.05, 0.1) is 23.3 Å². The Labute approximate surface area is 186 Å². The number of aryl methyl sites for hydroxylation is 1. The Morgan fingerprint density at radius 2 is 2.00 bits per heavy atom. The maximum atomic E-state index is 13.2. The Kier molecular flexibility index (Phi) is 5.07. The standard InChI is InChI=1S/C24H26N4O4/c1-17-5-6-20-19(12-17)28(22(30)15-32-20)14-21(29)27-11-8-24(16-27)7-10-26(23(24)31)13-18-4-2-3-9-25-18/h2-6,9,12H,7-8,10-11,13-16H2,1H3. The van der Waals surface area contributed by atoms with Crippen LogP contribution in [0, 0.1) is 12.3 Å². The number of aromatic nitrogens is 1. The van der Waals surface area contributed by atoms with Crippen LogP contribution in [0.25, 0.3) is 0 Å². The molecule has 0 radical (unpaired) electrons. The van der Waals surface area contributed by atoms with Gasteiger partial charge in [0.15, 0.2) is 6.61 Å². The number of amides is 3. The van der Waals surface area contributed by atoms with Crippen molar-refractivity contribution < 1.29 is 19.1 Å². The zero-order valence-corrected chi connectivity index (χ0v) is 18.1. The van der Waals surface area contributed by atoms with E-state index in [4.69, 9.17) is 4.74 Å². The van der Waals surface area contributed by atoms with Gasteiger partial charge in [-0.15, -0.1) is 0 Å². The molecule has 0 N–H and O–H groups in total. The minimum absolute atomic E-state index is 0.0411. The third-order valence-corrected chi connectivity index (χ3v) is 6.74. The van der Waals surface area contributed by atoms with Crippen molar-refractivity contribution in [1.29, 1.82) is 0 Å². The van der Waals surface area contributed by atoms with Gasteiger partial charge in [0.2, 0.25) is 11.8 Å². The van der Waals surface area contributed by atoms with Gasteiger partial charge < -0.3 is 14.5 Å². The molecule has 166 valence electrons. The van der Waals surface area contributed by atoms with Gasteiger partial charge in [0, 0.05) is 25.8 Å². The van der Waals surface area contributed by atoms with E-state index in [0.717, 1.165) is 17.7 Å². The number of hydrogen-bond donors (Lipinski definition) is 0. The molecule has 4 heterocycles. The van der Waals surface area contributed by atoms with E-state index in [1.165, 1.54) is 4.90 Å². The Morgan fingerprint density at radius 3 is 2.81 bits per heavy atom. The molecule has 5 rings (SSSR count). The van der Waals surface area contributed by atoms with Gasteiger partial charge >= 0.3 is 0 Å². The number of ether oxygens (including phenoxy) is 1. The van der Waals surface area contributed by atoms with Crippen LogP contribution in [0.3, 0.4) is 0 Å². The first-order valence-corrected chi connectivity index (χ1v) is 11.0. The number of likely N-dealkylation sites (tertiary alicyclic amines) is 2. The van der Waals surface area contributed by atoms with E-state index in [0.29, 0.717) is 44.0 Å². The number of carbonyl (C=O) groups excluding carboxylic acids is 3. The SMILES string of the molecule is Cc1ccc2c(c1)N(CC(=O)N1CCC3(CCN(Cc4ccccn4)C3=O)C1)C(=O)CO2. The van der Waals surface area contributed by atoms with Gasteiger partial charge in [0.1, 0.15) is 12.3 Å². The van der Waals surface area contributed by atoms with Crippen LogP contribution in [0.5, 0.6) is 5.75 Å².